The van der Waals surface area contributed by atoms with E-state index >= 15 is 0 Å². The number of ether oxygens (including phenoxy) is 2. The van der Waals surface area contributed by atoms with Crippen LogP contribution < -0.4 is 16.2 Å². The minimum Gasteiger partial charge on any atom is -0.461 e. The summed E-state index contributed by atoms with van der Waals surface area (Å²) in [5.41, 5.74) is 10.4. The van der Waals surface area contributed by atoms with Crippen LogP contribution in [-0.4, -0.2) is 23.9 Å². The van der Waals surface area contributed by atoms with E-state index in [1.54, 1.807) is 0 Å². The van der Waals surface area contributed by atoms with E-state index in [4.69, 9.17) is 11.5 Å². The second-order valence-electron chi connectivity index (χ2n) is 3.35. The Hall–Kier alpha value is -2.03. The highest BCUT2D eigenvalue weighted by Crippen LogP contribution is 2.26. The first-order valence-electron chi connectivity index (χ1n) is 5.20. The summed E-state index contributed by atoms with van der Waals surface area (Å²) in [6.07, 6.45) is -4.93. The number of rotatable bonds is 4. The van der Waals surface area contributed by atoms with Crippen molar-refractivity contribution in [1.29, 1.82) is 0 Å². The molecule has 19 heavy (non-hydrogen) atoms. The van der Waals surface area contributed by atoms with E-state index in [0.717, 1.165) is 6.07 Å². The van der Waals surface area contributed by atoms with Gasteiger partial charge in [0, 0.05) is 12.6 Å². The average molecular weight is 279 g/mol. The molecule has 0 saturated carbocycles. The molecule has 0 aliphatic heterocycles. The topological polar surface area (TPSA) is 100 Å². The van der Waals surface area contributed by atoms with Gasteiger partial charge < -0.3 is 20.9 Å². The van der Waals surface area contributed by atoms with E-state index in [9.17, 15) is 18.0 Å². The molecule has 0 saturated heterocycles. The Morgan fingerprint density at radius 3 is 2.58 bits per heavy atom. The Bertz CT molecular complexity index is 477. The molecule has 9 heteroatoms. The lowest BCUT2D eigenvalue weighted by atomic mass is 10.1. The highest BCUT2D eigenvalue weighted by molar-refractivity contribution is 5.93. The van der Waals surface area contributed by atoms with Crippen molar-refractivity contribution in [3.63, 3.8) is 0 Å². The van der Waals surface area contributed by atoms with Crippen LogP contribution in [0.3, 0.4) is 0 Å². The van der Waals surface area contributed by atoms with Crippen molar-refractivity contribution in [2.75, 3.05) is 12.3 Å². The van der Waals surface area contributed by atoms with Gasteiger partial charge in [0.25, 0.3) is 0 Å². The molecule has 1 aromatic heterocycles. The number of nitrogens with zero attached hydrogens (tertiary/aromatic N) is 1. The number of aromatic nitrogens is 1. The molecule has 0 fully saturated rings. The van der Waals surface area contributed by atoms with Gasteiger partial charge in [0.05, 0.1) is 12.3 Å². The zero-order chi connectivity index (χ0) is 14.6. The highest BCUT2D eigenvalue weighted by Gasteiger charge is 2.32. The number of esters is 1. The number of hydrogen-bond donors (Lipinski definition) is 2. The Balaban J connectivity index is 3.22. The quantitative estimate of drug-likeness (QED) is 0.803. The first kappa shape index (κ1) is 15.0. The molecule has 0 aliphatic carbocycles. The van der Waals surface area contributed by atoms with Gasteiger partial charge in [-0.1, -0.05) is 0 Å². The van der Waals surface area contributed by atoms with Gasteiger partial charge in [0.1, 0.15) is 0 Å². The third kappa shape index (κ3) is 3.98. The normalized spacial score (nSPS) is 11.2. The monoisotopic (exact) mass is 279 g/mol. The zero-order valence-electron chi connectivity index (χ0n) is 9.95. The van der Waals surface area contributed by atoms with Crippen LogP contribution in [0.5, 0.6) is 5.88 Å². The number of carbonyl (C=O) groups is 1. The van der Waals surface area contributed by atoms with Gasteiger partial charge in [-0.05, 0) is 12.5 Å². The summed E-state index contributed by atoms with van der Waals surface area (Å²) in [6, 6.07) is 0.922. The molecular weight excluding hydrogens is 267 g/mol. The number of nitrogens with two attached hydrogens (primary N) is 2. The Morgan fingerprint density at radius 1 is 1.47 bits per heavy atom. The fraction of sp³-hybridized carbons (Fsp3) is 0.400. The molecule has 6 nitrogen and oxygen atoms in total. The lowest BCUT2D eigenvalue weighted by molar-refractivity contribution is -0.276. The fourth-order valence-electron chi connectivity index (χ4n) is 1.28. The van der Waals surface area contributed by atoms with Crippen molar-refractivity contribution in [3.8, 4) is 5.88 Å². The van der Waals surface area contributed by atoms with Gasteiger partial charge in [-0.3, -0.25) is 0 Å². The van der Waals surface area contributed by atoms with Gasteiger partial charge in [0.2, 0.25) is 5.88 Å². The summed E-state index contributed by atoms with van der Waals surface area (Å²) >= 11 is 0. The number of anilines is 1. The summed E-state index contributed by atoms with van der Waals surface area (Å²) < 4.78 is 44.6. The average Bonchev–Trinajstić information content (AvgIpc) is 2.29. The lowest BCUT2D eigenvalue weighted by Gasteiger charge is -2.13. The van der Waals surface area contributed by atoms with Gasteiger partial charge in [-0.2, -0.15) is 0 Å². The molecule has 0 atom stereocenters. The van der Waals surface area contributed by atoms with Crippen LogP contribution in [0.4, 0.5) is 18.9 Å². The van der Waals surface area contributed by atoms with Crippen LogP contribution in [-0.2, 0) is 11.3 Å². The number of nitrogen functional groups attached to an aromatic ring is 1. The third-order valence-electron chi connectivity index (χ3n) is 2.03. The first-order valence-corrected chi connectivity index (χ1v) is 5.20. The van der Waals surface area contributed by atoms with Crippen LogP contribution in [0.2, 0.25) is 0 Å². The van der Waals surface area contributed by atoms with Crippen molar-refractivity contribution in [3.05, 3.63) is 17.3 Å². The molecule has 0 unspecified atom stereocenters. The standard InChI is InChI=1S/C10H12F3N3O3/c1-2-18-9(17)8-7(15)5(4-14)3-6(16-8)19-10(11,12)13/h3H,2,4,14-15H2,1H3. The number of halogens is 3. The summed E-state index contributed by atoms with van der Waals surface area (Å²) in [5, 5.41) is 0. The van der Waals surface area contributed by atoms with Crippen molar-refractivity contribution in [2.24, 2.45) is 5.73 Å². The predicted octanol–water partition coefficient (Wildman–Crippen LogP) is 1.20. The summed E-state index contributed by atoms with van der Waals surface area (Å²) in [4.78, 5) is 14.9. The second-order valence-corrected chi connectivity index (χ2v) is 3.35. The van der Waals surface area contributed by atoms with Gasteiger partial charge in [-0.15, -0.1) is 13.2 Å². The van der Waals surface area contributed by atoms with E-state index < -0.39 is 23.9 Å². The maximum atomic E-state index is 12.1. The smallest absolute Gasteiger partial charge is 0.461 e. The molecular formula is C10H12F3N3O3. The van der Waals surface area contributed by atoms with Crippen molar-refractivity contribution in [2.45, 2.75) is 19.8 Å². The molecule has 0 aliphatic rings. The molecule has 0 bridgehead atoms. The van der Waals surface area contributed by atoms with E-state index in [1.165, 1.54) is 6.92 Å². The number of hydrogen-bond acceptors (Lipinski definition) is 6. The lowest BCUT2D eigenvalue weighted by Crippen LogP contribution is -2.20. The van der Waals surface area contributed by atoms with Crippen molar-refractivity contribution >= 4 is 11.7 Å². The molecule has 4 N–H and O–H groups in total. The molecule has 0 amide bonds. The number of pyridine rings is 1. The third-order valence-corrected chi connectivity index (χ3v) is 2.03. The number of alkyl halides is 3. The Kier molecular flexibility index (Phi) is 4.54. The van der Waals surface area contributed by atoms with Crippen LogP contribution >= 0.6 is 0 Å². The molecule has 0 spiro atoms. The molecule has 106 valence electrons. The van der Waals surface area contributed by atoms with E-state index in [0.29, 0.717) is 0 Å². The van der Waals surface area contributed by atoms with Crippen LogP contribution in [0.15, 0.2) is 6.07 Å². The minimum atomic E-state index is -4.93. The molecule has 1 rings (SSSR count). The van der Waals surface area contributed by atoms with E-state index in [2.05, 4.69) is 14.5 Å². The van der Waals surface area contributed by atoms with Crippen LogP contribution in [0.1, 0.15) is 23.0 Å². The number of carbonyl (C=O) groups excluding carboxylic acids is 1. The van der Waals surface area contributed by atoms with Gasteiger partial charge >= 0.3 is 12.3 Å². The van der Waals surface area contributed by atoms with Gasteiger partial charge in [-0.25, -0.2) is 9.78 Å². The molecule has 0 radical (unpaired) electrons. The maximum absolute atomic E-state index is 12.1. The Labute approximate surface area is 106 Å². The SMILES string of the molecule is CCOC(=O)c1nc(OC(F)(F)F)cc(CN)c1N. The largest absolute Gasteiger partial charge is 0.574 e. The minimum absolute atomic E-state index is 0.0300. The second kappa shape index (κ2) is 5.74. The first-order chi connectivity index (χ1) is 8.78. The van der Waals surface area contributed by atoms with Crippen LogP contribution in [0, 0.1) is 0 Å². The molecule has 0 aromatic carbocycles. The zero-order valence-corrected chi connectivity index (χ0v) is 9.95. The predicted molar refractivity (Wildman–Crippen MR) is 59.2 cm³/mol. The maximum Gasteiger partial charge on any atom is 0.574 e. The van der Waals surface area contributed by atoms with Crippen LogP contribution in [0.25, 0.3) is 0 Å². The summed E-state index contributed by atoms with van der Waals surface area (Å²) in [5.74, 6) is -1.76. The molecule has 1 heterocycles. The Morgan fingerprint density at radius 2 is 2.11 bits per heavy atom. The van der Waals surface area contributed by atoms with E-state index in [1.807, 2.05) is 0 Å². The summed E-state index contributed by atoms with van der Waals surface area (Å²) in [7, 11) is 0. The summed E-state index contributed by atoms with van der Waals surface area (Å²) in [6.45, 7) is 1.39. The molecule has 1 aromatic rings. The van der Waals surface area contributed by atoms with E-state index in [-0.39, 0.29) is 24.4 Å². The fourth-order valence-corrected chi connectivity index (χ4v) is 1.28. The highest BCUT2D eigenvalue weighted by atomic mass is 19.4. The van der Waals surface area contributed by atoms with Crippen molar-refractivity contribution < 1.29 is 27.4 Å². The van der Waals surface area contributed by atoms with Gasteiger partial charge in [0.15, 0.2) is 5.69 Å². The van der Waals surface area contributed by atoms with Crippen molar-refractivity contribution in [1.82, 2.24) is 4.98 Å².